The molecule has 1 aromatic heterocycles. The Morgan fingerprint density at radius 3 is 2.12 bits per heavy atom. The maximum absolute atomic E-state index is 16.6. The minimum atomic E-state index is -5.73. The van der Waals surface area contributed by atoms with Crippen LogP contribution in [0.25, 0.3) is 43.7 Å². The minimum absolute atomic E-state index is 0.125. The molecule has 0 saturated heterocycles. The predicted octanol–water partition coefficient (Wildman–Crippen LogP) is 11.3. The fraction of sp³-hybridized carbons (Fsp3) is 0. The molecule has 3 nitrogen and oxygen atoms in total. The molecular formula is C47H33N2OP. The lowest BCUT2D eigenvalue weighted by Crippen LogP contribution is -2.25. The summed E-state index contributed by atoms with van der Waals surface area (Å²) in [4.78, 5) is 5.71. The number of hydrogen-bond acceptors (Lipinski definition) is 3. The van der Waals surface area contributed by atoms with Crippen molar-refractivity contribution in [1.82, 2.24) is 4.98 Å². The van der Waals surface area contributed by atoms with Crippen molar-refractivity contribution < 1.29 is 38.8 Å². The van der Waals surface area contributed by atoms with Crippen LogP contribution in [0, 0.1) is 0 Å². The molecule has 0 bridgehead atoms. The average Bonchev–Trinajstić information content (AvgIpc) is 3.36. The Morgan fingerprint density at radius 1 is 0.490 bits per heavy atom. The molecule has 0 spiro atoms. The van der Waals surface area contributed by atoms with Crippen LogP contribution in [-0.2, 0) is 4.57 Å². The molecule has 0 amide bonds. The monoisotopic (exact) mass is 697 g/mol. The lowest BCUT2D eigenvalue weighted by molar-refractivity contribution is 0.592. The van der Waals surface area contributed by atoms with E-state index in [1.54, 1.807) is 0 Å². The molecule has 9 aromatic rings. The summed E-state index contributed by atoms with van der Waals surface area (Å²) in [5.74, 6) is 0. The highest BCUT2D eigenvalue weighted by molar-refractivity contribution is 7.85. The van der Waals surface area contributed by atoms with E-state index in [1.807, 2.05) is 0 Å². The molecule has 242 valence electrons. The standard InChI is InChI=1S/C47H33N2OP/c50-51(39-22-9-3-10-23-39,40-24-11-4-12-25-40)41-26-15-17-35(32-41)47-44-30-28-34-16-13-14-27-42(34)46(44)43-31-29-38(33-45(43)48-47)49(36-18-5-1-6-19-36)37-20-7-2-8-21-37/h1-33H/i1D,3D,4D,5D,9D,10D,11D,13D,14D,16D,17D,18D,20D,22D,23D,24D,25D,26D,27D,28D,29D,30D,31D,32D,33D. The topological polar surface area (TPSA) is 33.2 Å². The second-order valence-corrected chi connectivity index (χ2v) is 13.3. The highest BCUT2D eigenvalue weighted by Gasteiger charge is 2.30. The number of anilines is 3. The molecule has 9 rings (SSSR count). The average molecular weight is 698 g/mol. The first kappa shape index (κ1) is 14.2. The van der Waals surface area contributed by atoms with E-state index >= 15 is 4.57 Å². The third kappa shape index (κ3) is 5.40. The van der Waals surface area contributed by atoms with Gasteiger partial charge in [-0.25, -0.2) is 4.98 Å². The summed E-state index contributed by atoms with van der Waals surface area (Å²) < 4.78 is 241. The van der Waals surface area contributed by atoms with Crippen molar-refractivity contribution in [1.29, 1.82) is 0 Å². The van der Waals surface area contributed by atoms with Crippen LogP contribution in [0.2, 0.25) is 0 Å². The van der Waals surface area contributed by atoms with Crippen molar-refractivity contribution in [3.05, 3.63) is 200 Å². The maximum atomic E-state index is 16.6. The van der Waals surface area contributed by atoms with E-state index in [0.29, 0.717) is 12.1 Å². The van der Waals surface area contributed by atoms with E-state index in [4.69, 9.17) is 21.9 Å². The third-order valence-electron chi connectivity index (χ3n) is 7.85. The van der Waals surface area contributed by atoms with Gasteiger partial charge in [-0.2, -0.15) is 0 Å². The van der Waals surface area contributed by atoms with Gasteiger partial charge < -0.3 is 9.46 Å². The second-order valence-electron chi connectivity index (χ2n) is 10.7. The zero-order chi connectivity index (χ0) is 56.0. The van der Waals surface area contributed by atoms with Crippen LogP contribution < -0.4 is 20.8 Å². The molecule has 8 aromatic carbocycles. The van der Waals surface area contributed by atoms with Gasteiger partial charge in [-0.05, 0) is 53.1 Å². The van der Waals surface area contributed by atoms with E-state index in [2.05, 4.69) is 4.98 Å². The number of rotatable bonds is 7. The van der Waals surface area contributed by atoms with Crippen LogP contribution in [0.1, 0.15) is 34.3 Å². The molecule has 0 aliphatic carbocycles. The quantitative estimate of drug-likeness (QED) is 0.123. The molecule has 0 N–H and O–H groups in total. The number of benzene rings is 8. The van der Waals surface area contributed by atoms with Crippen LogP contribution in [0.5, 0.6) is 0 Å². The van der Waals surface area contributed by atoms with Crippen LogP contribution in [0.15, 0.2) is 200 Å². The van der Waals surface area contributed by atoms with Crippen molar-refractivity contribution in [2.45, 2.75) is 0 Å². The lowest BCUT2D eigenvalue weighted by atomic mass is 9.95. The van der Waals surface area contributed by atoms with Gasteiger partial charge in [0.05, 0.1) is 45.5 Å². The number of para-hydroxylation sites is 2. The molecule has 0 aliphatic heterocycles. The Hall–Kier alpha value is -6.28. The van der Waals surface area contributed by atoms with Gasteiger partial charge in [0.1, 0.15) is 0 Å². The molecule has 0 radical (unpaired) electrons. The first-order chi connectivity index (χ1) is 35.5. The van der Waals surface area contributed by atoms with E-state index in [1.165, 1.54) is 30.3 Å². The minimum Gasteiger partial charge on any atom is -0.310 e. The Balaban J connectivity index is 1.57. The zero-order valence-corrected chi connectivity index (χ0v) is 26.8. The SMILES string of the molecule is [2H]c1ccccc1N(c1ccc([2H])c([2H])c1[2H])c1c([2H])c([2H])c2c(nc(-c3c([2H])cc([2H])c(P(=O)(c4c([2H])cc([2H])c([2H])c4[2H])c4c([2H])c([2H])c([2H])c([2H])c4[2H])c3[2H])c3c([2H])c([2H])c4c([2H])c([2H])c([2H])c([2H])c4c32)c1[2H]. The molecule has 0 fully saturated rings. The smallest absolute Gasteiger partial charge is 0.171 e. The maximum Gasteiger partial charge on any atom is 0.171 e. The van der Waals surface area contributed by atoms with Gasteiger partial charge in [0.2, 0.25) is 0 Å². The number of pyridine rings is 1. The molecule has 1 atom stereocenters. The number of aromatic nitrogens is 1. The summed E-state index contributed by atoms with van der Waals surface area (Å²) in [6.45, 7) is 0. The molecule has 1 heterocycles. The Bertz CT molecular complexity index is 4160. The number of nitrogens with zero attached hydrogens (tertiary/aromatic N) is 2. The molecule has 1 unspecified atom stereocenters. The summed E-state index contributed by atoms with van der Waals surface area (Å²) in [6, 6.07) is -12.8. The second kappa shape index (κ2) is 12.9. The summed E-state index contributed by atoms with van der Waals surface area (Å²) >= 11 is 0. The predicted molar refractivity (Wildman–Crippen MR) is 216 cm³/mol. The molecule has 0 aliphatic rings. The first-order valence-electron chi connectivity index (χ1n) is 27.6. The van der Waals surface area contributed by atoms with Crippen molar-refractivity contribution >= 4 is 72.6 Å². The van der Waals surface area contributed by atoms with Gasteiger partial charge in [0.25, 0.3) is 0 Å². The van der Waals surface area contributed by atoms with E-state index < -0.39 is 217 Å². The highest BCUT2D eigenvalue weighted by atomic mass is 31.2. The van der Waals surface area contributed by atoms with E-state index in [0.717, 1.165) is 11.0 Å². The van der Waals surface area contributed by atoms with Crippen LogP contribution >= 0.6 is 7.14 Å². The highest BCUT2D eigenvalue weighted by Crippen LogP contribution is 2.44. The molecule has 0 saturated carbocycles. The Morgan fingerprint density at radius 2 is 1.22 bits per heavy atom. The van der Waals surface area contributed by atoms with Crippen molar-refractivity contribution in [3.8, 4) is 11.3 Å². The van der Waals surface area contributed by atoms with Gasteiger partial charge in [-0.3, -0.25) is 0 Å². The summed E-state index contributed by atoms with van der Waals surface area (Å²) in [6.07, 6.45) is 0. The largest absolute Gasteiger partial charge is 0.310 e. The third-order valence-corrected chi connectivity index (χ3v) is 10.4. The fourth-order valence-electron chi connectivity index (χ4n) is 5.62. The first-order valence-corrected chi connectivity index (χ1v) is 16.8. The van der Waals surface area contributed by atoms with Crippen molar-refractivity contribution in [2.24, 2.45) is 0 Å². The van der Waals surface area contributed by atoms with Crippen LogP contribution in [0.4, 0.5) is 17.1 Å². The molecular weight excluding hydrogens is 640 g/mol. The number of fused-ring (bicyclic) bond motifs is 5. The van der Waals surface area contributed by atoms with Gasteiger partial charge in [0.15, 0.2) is 7.14 Å². The summed E-state index contributed by atoms with van der Waals surface area (Å²) in [7, 11) is -5.73. The summed E-state index contributed by atoms with van der Waals surface area (Å²) in [5.41, 5.74) is -3.37. The zero-order valence-electron chi connectivity index (χ0n) is 50.9. The summed E-state index contributed by atoms with van der Waals surface area (Å²) in [5, 5.41) is -6.27. The van der Waals surface area contributed by atoms with Crippen LogP contribution in [-0.4, -0.2) is 4.98 Å². The van der Waals surface area contributed by atoms with Gasteiger partial charge >= 0.3 is 0 Å². The van der Waals surface area contributed by atoms with Crippen molar-refractivity contribution in [3.63, 3.8) is 0 Å². The lowest BCUT2D eigenvalue weighted by Gasteiger charge is -2.26. The van der Waals surface area contributed by atoms with Crippen LogP contribution in [0.3, 0.4) is 0 Å². The van der Waals surface area contributed by atoms with Gasteiger partial charge in [-0.15, -0.1) is 0 Å². The molecule has 51 heavy (non-hydrogen) atoms. The van der Waals surface area contributed by atoms with Crippen molar-refractivity contribution in [2.75, 3.05) is 4.90 Å². The van der Waals surface area contributed by atoms with Gasteiger partial charge in [0, 0.05) is 54.7 Å². The normalized spacial score (nSPS) is 19.4. The Kier molecular flexibility index (Phi) is 3.57. The Labute approximate surface area is 332 Å². The van der Waals surface area contributed by atoms with E-state index in [-0.39, 0.29) is 17.4 Å². The fourth-order valence-corrected chi connectivity index (χ4v) is 7.69. The number of hydrogen-bond donors (Lipinski definition) is 0. The van der Waals surface area contributed by atoms with E-state index in [9.17, 15) is 12.3 Å². The van der Waals surface area contributed by atoms with Gasteiger partial charge in [-0.1, -0.05) is 157 Å². The molecule has 4 heteroatoms.